The van der Waals surface area contributed by atoms with Crippen molar-refractivity contribution < 1.29 is 27.9 Å². The molecule has 0 spiro atoms. The number of ether oxygens (including phenoxy) is 1. The molecule has 9 heteroatoms. The Morgan fingerprint density at radius 3 is 2.48 bits per heavy atom. The molecular weight excluding hydrogens is 444 g/mol. The lowest BCUT2D eigenvalue weighted by Gasteiger charge is -2.38. The molecule has 1 aromatic carbocycles. The Kier molecular flexibility index (Phi) is 6.81. The molecule has 2 unspecified atom stereocenters. The van der Waals surface area contributed by atoms with Gasteiger partial charge < -0.3 is 14.7 Å². The number of carbonyl (C=O) groups is 2. The van der Waals surface area contributed by atoms with E-state index < -0.39 is 28.5 Å². The lowest BCUT2D eigenvalue weighted by molar-refractivity contribution is -0.145. The van der Waals surface area contributed by atoms with Gasteiger partial charge in [0.25, 0.3) is 0 Å². The number of carboxylic acids is 1. The summed E-state index contributed by atoms with van der Waals surface area (Å²) >= 11 is 0. The van der Waals surface area contributed by atoms with Gasteiger partial charge in [-0.25, -0.2) is 12.4 Å². The van der Waals surface area contributed by atoms with E-state index in [-0.39, 0.29) is 24.1 Å². The molecule has 4 rings (SSSR count). The maximum absolute atomic E-state index is 13.7. The largest absolute Gasteiger partial charge is 0.480 e. The van der Waals surface area contributed by atoms with Crippen LogP contribution in [0.4, 0.5) is 0 Å². The zero-order chi connectivity index (χ0) is 23.8. The number of carboxylic acid groups (broad SMARTS) is 1. The number of benzene rings is 1. The molecule has 1 saturated heterocycles. The molecule has 1 N–H and O–H groups in total. The van der Waals surface area contributed by atoms with Gasteiger partial charge in [0.1, 0.15) is 6.54 Å². The third kappa shape index (κ3) is 4.40. The van der Waals surface area contributed by atoms with Gasteiger partial charge in [-0.2, -0.15) is 0 Å². The predicted molar refractivity (Wildman–Crippen MR) is 125 cm³/mol. The maximum Gasteiger partial charge on any atom is 0.323 e. The molecule has 33 heavy (non-hydrogen) atoms. The molecule has 1 amide bonds. The van der Waals surface area contributed by atoms with Crippen LogP contribution in [0.3, 0.4) is 0 Å². The summed E-state index contributed by atoms with van der Waals surface area (Å²) in [6, 6.07) is 7.42. The SMILES string of the molecule is CCN(CC(=O)O)C(=O)C1CC(C2CCOCC2)Cc2c1n(S(=O)(=O)CC)c1ccccc21. The lowest BCUT2D eigenvalue weighted by Crippen LogP contribution is -2.42. The Bertz CT molecular complexity index is 1150. The molecule has 1 aliphatic carbocycles. The second kappa shape index (κ2) is 9.46. The number of amides is 1. The summed E-state index contributed by atoms with van der Waals surface area (Å²) in [7, 11) is -3.68. The Morgan fingerprint density at radius 2 is 1.85 bits per heavy atom. The van der Waals surface area contributed by atoms with E-state index in [9.17, 15) is 23.1 Å². The van der Waals surface area contributed by atoms with Crippen molar-refractivity contribution in [3.8, 4) is 0 Å². The number of carbonyl (C=O) groups excluding carboxylic acids is 1. The van der Waals surface area contributed by atoms with Gasteiger partial charge in [0, 0.05) is 25.1 Å². The van der Waals surface area contributed by atoms with Crippen LogP contribution >= 0.6 is 0 Å². The summed E-state index contributed by atoms with van der Waals surface area (Å²) in [6.45, 7) is 4.59. The van der Waals surface area contributed by atoms with Gasteiger partial charge in [0.2, 0.25) is 15.9 Å². The first-order valence-electron chi connectivity index (χ1n) is 11.7. The summed E-state index contributed by atoms with van der Waals surface area (Å²) < 4.78 is 33.4. The van der Waals surface area contributed by atoms with Crippen molar-refractivity contribution in [2.75, 3.05) is 32.1 Å². The van der Waals surface area contributed by atoms with Crippen LogP contribution in [-0.4, -0.2) is 66.3 Å². The fourth-order valence-corrected chi connectivity index (χ4v) is 6.80. The highest BCUT2D eigenvalue weighted by Gasteiger charge is 2.42. The van der Waals surface area contributed by atoms with Crippen LogP contribution in [-0.2, 0) is 30.8 Å². The van der Waals surface area contributed by atoms with Crippen LogP contribution in [0, 0.1) is 11.8 Å². The molecule has 1 fully saturated rings. The second-order valence-electron chi connectivity index (χ2n) is 8.99. The van der Waals surface area contributed by atoms with Crippen molar-refractivity contribution in [2.45, 2.75) is 45.4 Å². The Morgan fingerprint density at radius 1 is 1.15 bits per heavy atom. The highest BCUT2D eigenvalue weighted by molar-refractivity contribution is 7.90. The molecule has 2 aromatic rings. The standard InChI is InChI=1S/C24H32N2O6S/c1-3-25(15-22(27)28)24(29)20-14-17(16-9-11-32-12-10-16)13-19-18-7-5-6-8-21(18)26(23(19)20)33(30,31)4-2/h5-8,16-17,20H,3-4,9-15H2,1-2H3,(H,27,28). The third-order valence-corrected chi connectivity index (χ3v) is 8.88. The molecule has 2 aliphatic rings. The van der Waals surface area contributed by atoms with Crippen LogP contribution in [0.25, 0.3) is 10.9 Å². The van der Waals surface area contributed by atoms with Gasteiger partial charge >= 0.3 is 5.97 Å². The van der Waals surface area contributed by atoms with Gasteiger partial charge in [-0.05, 0) is 63.0 Å². The maximum atomic E-state index is 13.7. The Labute approximate surface area is 194 Å². The summed E-state index contributed by atoms with van der Waals surface area (Å²) in [5.41, 5.74) is 2.03. The fourth-order valence-electron chi connectivity index (χ4n) is 5.54. The van der Waals surface area contributed by atoms with Crippen LogP contribution < -0.4 is 0 Å². The molecule has 0 radical (unpaired) electrons. The van der Waals surface area contributed by atoms with E-state index in [1.165, 1.54) is 8.87 Å². The second-order valence-corrected chi connectivity index (χ2v) is 11.1. The molecule has 0 saturated carbocycles. The van der Waals surface area contributed by atoms with Crippen molar-refractivity contribution >= 4 is 32.8 Å². The summed E-state index contributed by atoms with van der Waals surface area (Å²) in [5, 5.41) is 10.2. The highest BCUT2D eigenvalue weighted by atomic mass is 32.2. The molecule has 2 heterocycles. The van der Waals surface area contributed by atoms with Crippen LogP contribution in [0.15, 0.2) is 24.3 Å². The predicted octanol–water partition coefficient (Wildman–Crippen LogP) is 2.84. The number of aliphatic carboxylic acids is 1. The highest BCUT2D eigenvalue weighted by Crippen LogP contribution is 2.46. The third-order valence-electron chi connectivity index (χ3n) is 7.20. The first-order valence-corrected chi connectivity index (χ1v) is 13.3. The van der Waals surface area contributed by atoms with Gasteiger partial charge in [0.05, 0.1) is 22.9 Å². The summed E-state index contributed by atoms with van der Waals surface area (Å²) in [6.07, 6.45) is 3.06. The minimum Gasteiger partial charge on any atom is -0.480 e. The Hall–Kier alpha value is -2.39. The smallest absolute Gasteiger partial charge is 0.323 e. The zero-order valence-corrected chi connectivity index (χ0v) is 20.0. The van der Waals surface area contributed by atoms with E-state index >= 15 is 0 Å². The monoisotopic (exact) mass is 476 g/mol. The van der Waals surface area contributed by atoms with Gasteiger partial charge in [-0.3, -0.25) is 9.59 Å². The topological polar surface area (TPSA) is 106 Å². The summed E-state index contributed by atoms with van der Waals surface area (Å²) in [5.74, 6) is -1.58. The molecule has 1 aromatic heterocycles. The molecule has 1 aliphatic heterocycles. The van der Waals surface area contributed by atoms with Crippen molar-refractivity contribution in [3.05, 3.63) is 35.5 Å². The van der Waals surface area contributed by atoms with E-state index in [4.69, 9.17) is 4.74 Å². The average Bonchev–Trinajstić information content (AvgIpc) is 3.17. The first kappa shape index (κ1) is 23.8. The number of para-hydroxylation sites is 1. The van der Waals surface area contributed by atoms with Crippen molar-refractivity contribution in [2.24, 2.45) is 11.8 Å². The van der Waals surface area contributed by atoms with Crippen molar-refractivity contribution in [1.29, 1.82) is 0 Å². The molecule has 0 bridgehead atoms. The van der Waals surface area contributed by atoms with Crippen LogP contribution in [0.2, 0.25) is 0 Å². The Balaban J connectivity index is 1.90. The first-order chi connectivity index (χ1) is 15.8. The van der Waals surface area contributed by atoms with Crippen LogP contribution in [0.1, 0.15) is 50.3 Å². The number of rotatable bonds is 7. The van der Waals surface area contributed by atoms with E-state index in [2.05, 4.69) is 0 Å². The lowest BCUT2D eigenvalue weighted by atomic mass is 9.71. The van der Waals surface area contributed by atoms with Gasteiger partial charge in [-0.1, -0.05) is 18.2 Å². The fraction of sp³-hybridized carbons (Fsp3) is 0.583. The number of aromatic nitrogens is 1. The molecule has 8 nitrogen and oxygen atoms in total. The quantitative estimate of drug-likeness (QED) is 0.659. The van der Waals surface area contributed by atoms with Gasteiger partial charge in [0.15, 0.2) is 0 Å². The molecule has 180 valence electrons. The number of likely N-dealkylation sites (N-methyl/N-ethyl adjacent to an activating group) is 1. The van der Waals surface area contributed by atoms with Gasteiger partial charge in [-0.15, -0.1) is 0 Å². The van der Waals surface area contributed by atoms with Crippen LogP contribution in [0.5, 0.6) is 0 Å². The van der Waals surface area contributed by atoms with Crippen molar-refractivity contribution in [1.82, 2.24) is 8.87 Å². The molecule has 2 atom stereocenters. The number of fused-ring (bicyclic) bond motifs is 3. The summed E-state index contributed by atoms with van der Waals surface area (Å²) in [4.78, 5) is 26.5. The minimum absolute atomic E-state index is 0.0883. The van der Waals surface area contributed by atoms with E-state index in [1.54, 1.807) is 19.9 Å². The number of nitrogens with zero attached hydrogens (tertiary/aromatic N) is 2. The minimum atomic E-state index is -3.68. The van der Waals surface area contributed by atoms with Crippen molar-refractivity contribution in [3.63, 3.8) is 0 Å². The normalized spacial score (nSPS) is 21.6. The molecular formula is C24H32N2O6S. The van der Waals surface area contributed by atoms with E-state index in [1.807, 2.05) is 18.2 Å². The average molecular weight is 477 g/mol. The zero-order valence-electron chi connectivity index (χ0n) is 19.2. The van der Waals surface area contributed by atoms with E-state index in [0.717, 1.165) is 23.8 Å². The number of hydrogen-bond donors (Lipinski definition) is 1. The van der Waals surface area contributed by atoms with E-state index in [0.29, 0.717) is 43.2 Å². The number of hydrogen-bond acceptors (Lipinski definition) is 5.